The molecule has 2 rings (SSSR count). The Labute approximate surface area is 119 Å². The Kier molecular flexibility index (Phi) is 4.69. The molecule has 0 aliphatic carbocycles. The van der Waals surface area contributed by atoms with Gasteiger partial charge in [-0.2, -0.15) is 0 Å². The molecule has 0 unspecified atom stereocenters. The highest BCUT2D eigenvalue weighted by molar-refractivity contribution is 9.10. The fourth-order valence-electron chi connectivity index (χ4n) is 1.52. The van der Waals surface area contributed by atoms with Crippen LogP contribution in [0.4, 0.5) is 0 Å². The Morgan fingerprint density at radius 3 is 2.72 bits per heavy atom. The number of hydrogen-bond donors (Lipinski definition) is 0. The predicted octanol–water partition coefficient (Wildman–Crippen LogP) is 3.92. The maximum absolute atomic E-state index is 5.86. The van der Waals surface area contributed by atoms with Crippen molar-refractivity contribution in [2.24, 2.45) is 0 Å². The van der Waals surface area contributed by atoms with Crippen LogP contribution in [0, 0.1) is 6.92 Å². The van der Waals surface area contributed by atoms with Crippen molar-refractivity contribution in [2.45, 2.75) is 20.1 Å². The summed E-state index contributed by atoms with van der Waals surface area (Å²) in [7, 11) is 0. The molecule has 0 aliphatic rings. The summed E-state index contributed by atoms with van der Waals surface area (Å²) in [4.78, 5) is 8.36. The van der Waals surface area contributed by atoms with Crippen molar-refractivity contribution in [3.8, 4) is 0 Å². The molecule has 0 atom stereocenters. The SMILES string of the molecule is Cc1cc(Cl)nc(COCc2ccccc2Br)n1. The van der Waals surface area contributed by atoms with Crippen molar-refractivity contribution in [2.75, 3.05) is 0 Å². The largest absolute Gasteiger partial charge is 0.369 e. The first-order chi connectivity index (χ1) is 8.65. The smallest absolute Gasteiger partial charge is 0.155 e. The third kappa shape index (κ3) is 3.77. The number of benzene rings is 1. The summed E-state index contributed by atoms with van der Waals surface area (Å²) in [5.74, 6) is 0.604. The third-order valence-electron chi connectivity index (χ3n) is 2.32. The van der Waals surface area contributed by atoms with Gasteiger partial charge in [0.2, 0.25) is 0 Å². The van der Waals surface area contributed by atoms with Crippen LogP contribution in [0.2, 0.25) is 5.15 Å². The van der Waals surface area contributed by atoms with E-state index in [1.807, 2.05) is 31.2 Å². The van der Waals surface area contributed by atoms with Crippen LogP contribution in [0.1, 0.15) is 17.1 Å². The first-order valence-corrected chi connectivity index (χ1v) is 6.63. The monoisotopic (exact) mass is 326 g/mol. The number of aryl methyl sites for hydroxylation is 1. The molecule has 18 heavy (non-hydrogen) atoms. The highest BCUT2D eigenvalue weighted by Crippen LogP contribution is 2.17. The van der Waals surface area contributed by atoms with Gasteiger partial charge in [0.1, 0.15) is 11.8 Å². The minimum absolute atomic E-state index is 0.350. The van der Waals surface area contributed by atoms with E-state index in [0.29, 0.717) is 24.2 Å². The molecule has 0 aliphatic heterocycles. The fourth-order valence-corrected chi connectivity index (χ4v) is 2.18. The van der Waals surface area contributed by atoms with Gasteiger partial charge in [-0.15, -0.1) is 0 Å². The molecule has 0 spiro atoms. The van der Waals surface area contributed by atoms with Gasteiger partial charge in [0.05, 0.1) is 6.61 Å². The van der Waals surface area contributed by atoms with Crippen molar-refractivity contribution in [3.63, 3.8) is 0 Å². The van der Waals surface area contributed by atoms with E-state index in [2.05, 4.69) is 25.9 Å². The van der Waals surface area contributed by atoms with E-state index in [9.17, 15) is 0 Å². The van der Waals surface area contributed by atoms with Gasteiger partial charge in [-0.05, 0) is 24.6 Å². The highest BCUT2D eigenvalue weighted by atomic mass is 79.9. The van der Waals surface area contributed by atoms with Gasteiger partial charge in [-0.1, -0.05) is 45.7 Å². The second-order valence-corrected chi connectivity index (χ2v) is 5.07. The maximum Gasteiger partial charge on any atom is 0.155 e. The quantitative estimate of drug-likeness (QED) is 0.798. The van der Waals surface area contributed by atoms with E-state index in [4.69, 9.17) is 16.3 Å². The summed E-state index contributed by atoms with van der Waals surface area (Å²) in [5, 5.41) is 0.446. The lowest BCUT2D eigenvalue weighted by molar-refractivity contribution is 0.101. The minimum atomic E-state index is 0.350. The molecule has 1 heterocycles. The van der Waals surface area contributed by atoms with Gasteiger partial charge in [0.15, 0.2) is 5.82 Å². The molecule has 94 valence electrons. The molecule has 3 nitrogen and oxygen atoms in total. The molecule has 5 heteroatoms. The lowest BCUT2D eigenvalue weighted by Crippen LogP contribution is -2.01. The molecule has 0 saturated carbocycles. The Morgan fingerprint density at radius 1 is 1.22 bits per heavy atom. The highest BCUT2D eigenvalue weighted by Gasteiger charge is 2.03. The second-order valence-electron chi connectivity index (χ2n) is 3.83. The van der Waals surface area contributed by atoms with Gasteiger partial charge >= 0.3 is 0 Å². The number of aromatic nitrogens is 2. The van der Waals surface area contributed by atoms with Gasteiger partial charge < -0.3 is 4.74 Å². The Morgan fingerprint density at radius 2 is 2.00 bits per heavy atom. The lowest BCUT2D eigenvalue weighted by atomic mass is 10.2. The number of nitrogens with zero attached hydrogens (tertiary/aromatic N) is 2. The summed E-state index contributed by atoms with van der Waals surface area (Å²) in [6, 6.07) is 9.66. The maximum atomic E-state index is 5.86. The Bertz CT molecular complexity index is 528. The average molecular weight is 328 g/mol. The molecule has 0 fully saturated rings. The number of rotatable bonds is 4. The van der Waals surface area contributed by atoms with E-state index >= 15 is 0 Å². The third-order valence-corrected chi connectivity index (χ3v) is 3.28. The van der Waals surface area contributed by atoms with Crippen LogP contribution >= 0.6 is 27.5 Å². The van der Waals surface area contributed by atoms with Gasteiger partial charge in [0, 0.05) is 10.2 Å². The summed E-state index contributed by atoms with van der Waals surface area (Å²) >= 11 is 9.33. The van der Waals surface area contributed by atoms with Crippen molar-refractivity contribution >= 4 is 27.5 Å². The zero-order chi connectivity index (χ0) is 13.0. The van der Waals surface area contributed by atoms with Crippen LogP contribution in [0.25, 0.3) is 0 Å². The first kappa shape index (κ1) is 13.5. The van der Waals surface area contributed by atoms with E-state index in [1.165, 1.54) is 0 Å². The zero-order valence-electron chi connectivity index (χ0n) is 9.86. The first-order valence-electron chi connectivity index (χ1n) is 5.46. The van der Waals surface area contributed by atoms with E-state index in [-0.39, 0.29) is 0 Å². The zero-order valence-corrected chi connectivity index (χ0v) is 12.2. The van der Waals surface area contributed by atoms with Crippen molar-refractivity contribution in [3.05, 3.63) is 57.0 Å². The van der Waals surface area contributed by atoms with E-state index in [0.717, 1.165) is 15.7 Å². The van der Waals surface area contributed by atoms with Crippen molar-refractivity contribution in [1.82, 2.24) is 9.97 Å². The Balaban J connectivity index is 1.94. The lowest BCUT2D eigenvalue weighted by Gasteiger charge is -2.06. The van der Waals surface area contributed by atoms with E-state index < -0.39 is 0 Å². The van der Waals surface area contributed by atoms with Gasteiger partial charge in [0.25, 0.3) is 0 Å². The van der Waals surface area contributed by atoms with Gasteiger partial charge in [-0.3, -0.25) is 0 Å². The van der Waals surface area contributed by atoms with Crippen LogP contribution in [-0.4, -0.2) is 9.97 Å². The summed E-state index contributed by atoms with van der Waals surface area (Å²) in [6.07, 6.45) is 0. The topological polar surface area (TPSA) is 35.0 Å². The van der Waals surface area contributed by atoms with Crippen molar-refractivity contribution < 1.29 is 4.74 Å². The summed E-state index contributed by atoms with van der Waals surface area (Å²) in [6.45, 7) is 2.74. The normalized spacial score (nSPS) is 10.6. The number of ether oxygens (including phenoxy) is 1. The molecule has 0 amide bonds. The molecule has 0 radical (unpaired) electrons. The number of hydrogen-bond acceptors (Lipinski definition) is 3. The van der Waals surface area contributed by atoms with Crippen LogP contribution in [-0.2, 0) is 18.0 Å². The predicted molar refractivity (Wildman–Crippen MR) is 74.4 cm³/mol. The fraction of sp³-hybridized carbons (Fsp3) is 0.231. The van der Waals surface area contributed by atoms with Crippen LogP contribution in [0.5, 0.6) is 0 Å². The molecule has 0 bridgehead atoms. The minimum Gasteiger partial charge on any atom is -0.369 e. The molecule has 2 aromatic rings. The number of halogens is 2. The van der Waals surface area contributed by atoms with E-state index in [1.54, 1.807) is 6.07 Å². The second kappa shape index (κ2) is 6.27. The summed E-state index contributed by atoms with van der Waals surface area (Å²) in [5.41, 5.74) is 1.94. The molecular weight excluding hydrogens is 316 g/mol. The molecule has 0 N–H and O–H groups in total. The molecule has 1 aromatic heterocycles. The molecule has 1 aromatic carbocycles. The average Bonchev–Trinajstić information content (AvgIpc) is 2.30. The van der Waals surface area contributed by atoms with Crippen molar-refractivity contribution in [1.29, 1.82) is 0 Å². The van der Waals surface area contributed by atoms with Crippen LogP contribution in [0.15, 0.2) is 34.8 Å². The van der Waals surface area contributed by atoms with Crippen LogP contribution in [0.3, 0.4) is 0 Å². The standard InChI is InChI=1S/C13H12BrClN2O/c1-9-6-12(15)17-13(16-9)8-18-7-10-4-2-3-5-11(10)14/h2-6H,7-8H2,1H3. The van der Waals surface area contributed by atoms with Crippen LogP contribution < -0.4 is 0 Å². The molecule has 0 saturated heterocycles. The van der Waals surface area contributed by atoms with Gasteiger partial charge in [-0.25, -0.2) is 9.97 Å². The summed E-state index contributed by atoms with van der Waals surface area (Å²) < 4.78 is 6.62. The molecular formula is C13H12BrClN2O. The Hall–Kier alpha value is -0.970.